The molecule has 8 nitrogen and oxygen atoms in total. The Balaban J connectivity index is 2.22. The number of fused-ring (bicyclic) bond motifs is 1. The van der Waals surface area contributed by atoms with Crippen molar-refractivity contribution in [3.8, 4) is 0 Å². The molecule has 1 aromatic heterocycles. The van der Waals surface area contributed by atoms with Gasteiger partial charge in [0.25, 0.3) is 0 Å². The molecule has 2 rings (SSSR count). The number of hydrogen-bond acceptors (Lipinski definition) is 5. The lowest BCUT2D eigenvalue weighted by Gasteiger charge is -2.23. The molecule has 2 amide bonds. The van der Waals surface area contributed by atoms with Crippen LogP contribution in [0.1, 0.15) is 32.3 Å². The van der Waals surface area contributed by atoms with Crippen LogP contribution in [0, 0.1) is 5.92 Å². The summed E-state index contributed by atoms with van der Waals surface area (Å²) in [5.74, 6) is -1.25. The highest BCUT2D eigenvalue weighted by atomic mass is 32.2. The zero-order chi connectivity index (χ0) is 23.0. The smallest absolute Gasteiger partial charge is 0.326 e. The molecular weight excluding hydrogens is 416 g/mol. The molecule has 0 saturated carbocycles. The Morgan fingerprint density at radius 1 is 1.13 bits per heavy atom. The molecule has 0 aliphatic carbocycles. The average molecular weight is 449 g/mol. The molecule has 1 heterocycles. The highest BCUT2D eigenvalue weighted by Gasteiger charge is 2.28. The Morgan fingerprint density at radius 3 is 2.45 bits per heavy atom. The lowest BCUT2D eigenvalue weighted by Crippen LogP contribution is -2.55. The molecule has 0 radical (unpaired) electrons. The van der Waals surface area contributed by atoms with Gasteiger partial charge in [0.1, 0.15) is 12.1 Å². The number of amides is 2. The van der Waals surface area contributed by atoms with Crippen molar-refractivity contribution in [1.82, 2.24) is 15.6 Å². The third-order valence-electron chi connectivity index (χ3n) is 5.02. The van der Waals surface area contributed by atoms with Crippen molar-refractivity contribution in [3.05, 3.63) is 36.0 Å². The van der Waals surface area contributed by atoms with Crippen LogP contribution in [0.25, 0.3) is 10.9 Å². The summed E-state index contributed by atoms with van der Waals surface area (Å²) in [5.41, 5.74) is 7.77. The van der Waals surface area contributed by atoms with E-state index in [2.05, 4.69) is 15.6 Å². The van der Waals surface area contributed by atoms with E-state index in [-0.39, 0.29) is 12.3 Å². The van der Waals surface area contributed by atoms with Crippen molar-refractivity contribution in [2.75, 3.05) is 12.0 Å². The number of nitrogens with two attached hydrogens (primary N) is 1. The molecule has 2 aromatic rings. The van der Waals surface area contributed by atoms with E-state index in [1.807, 2.05) is 44.4 Å². The van der Waals surface area contributed by atoms with Crippen LogP contribution in [0.5, 0.6) is 0 Å². The molecule has 9 heteroatoms. The van der Waals surface area contributed by atoms with Crippen molar-refractivity contribution in [2.24, 2.45) is 11.7 Å². The maximum atomic E-state index is 13.0. The summed E-state index contributed by atoms with van der Waals surface area (Å²) in [6.07, 6.45) is 4.66. The number of carbonyl (C=O) groups excluding carboxylic acids is 2. The van der Waals surface area contributed by atoms with Crippen LogP contribution < -0.4 is 16.4 Å². The minimum absolute atomic E-state index is 0.213. The van der Waals surface area contributed by atoms with Gasteiger partial charge < -0.3 is 26.5 Å². The summed E-state index contributed by atoms with van der Waals surface area (Å²) in [7, 11) is 0. The molecule has 0 fully saturated rings. The molecule has 1 aromatic carbocycles. The zero-order valence-corrected chi connectivity index (χ0v) is 19.0. The summed E-state index contributed by atoms with van der Waals surface area (Å²) in [6, 6.07) is 4.95. The monoisotopic (exact) mass is 448 g/mol. The van der Waals surface area contributed by atoms with E-state index in [0.29, 0.717) is 18.6 Å². The van der Waals surface area contributed by atoms with Crippen molar-refractivity contribution in [3.63, 3.8) is 0 Å². The lowest BCUT2D eigenvalue weighted by atomic mass is 10.0. The fourth-order valence-corrected chi connectivity index (χ4v) is 3.86. The van der Waals surface area contributed by atoms with E-state index < -0.39 is 35.9 Å². The molecular formula is C22H32N4O4S. The lowest BCUT2D eigenvalue weighted by molar-refractivity contribution is -0.142. The second kappa shape index (κ2) is 11.8. The van der Waals surface area contributed by atoms with E-state index in [1.165, 1.54) is 11.8 Å². The highest BCUT2D eigenvalue weighted by Crippen LogP contribution is 2.19. The number of nitrogens with one attached hydrogen (secondary N) is 3. The van der Waals surface area contributed by atoms with E-state index in [1.54, 1.807) is 6.20 Å². The topological polar surface area (TPSA) is 137 Å². The molecule has 170 valence electrons. The van der Waals surface area contributed by atoms with Gasteiger partial charge in [-0.2, -0.15) is 11.8 Å². The predicted molar refractivity (Wildman–Crippen MR) is 124 cm³/mol. The number of para-hydroxylation sites is 1. The number of carboxylic acid groups (broad SMARTS) is 1. The summed E-state index contributed by atoms with van der Waals surface area (Å²) >= 11 is 1.50. The van der Waals surface area contributed by atoms with Crippen LogP contribution in [0.3, 0.4) is 0 Å². The van der Waals surface area contributed by atoms with Crippen LogP contribution >= 0.6 is 11.8 Å². The molecule has 0 aliphatic heterocycles. The van der Waals surface area contributed by atoms with Gasteiger partial charge in [-0.15, -0.1) is 0 Å². The van der Waals surface area contributed by atoms with Gasteiger partial charge in [-0.25, -0.2) is 4.79 Å². The van der Waals surface area contributed by atoms with E-state index in [4.69, 9.17) is 5.73 Å². The highest BCUT2D eigenvalue weighted by molar-refractivity contribution is 7.98. The third kappa shape index (κ3) is 7.29. The van der Waals surface area contributed by atoms with Gasteiger partial charge in [0.2, 0.25) is 11.8 Å². The summed E-state index contributed by atoms with van der Waals surface area (Å²) < 4.78 is 0. The van der Waals surface area contributed by atoms with Gasteiger partial charge in [0, 0.05) is 23.5 Å². The largest absolute Gasteiger partial charge is 0.480 e. The second-order valence-electron chi connectivity index (χ2n) is 8.04. The predicted octanol–water partition coefficient (Wildman–Crippen LogP) is 1.89. The number of benzene rings is 1. The van der Waals surface area contributed by atoms with Gasteiger partial charge in [0.05, 0.1) is 6.04 Å². The molecule has 31 heavy (non-hydrogen) atoms. The number of thioether (sulfide) groups is 1. The van der Waals surface area contributed by atoms with Gasteiger partial charge in [0.15, 0.2) is 0 Å². The van der Waals surface area contributed by atoms with Crippen LogP contribution in [0.15, 0.2) is 30.5 Å². The molecule has 0 saturated heterocycles. The van der Waals surface area contributed by atoms with Gasteiger partial charge in [-0.3, -0.25) is 9.59 Å². The number of carbonyl (C=O) groups is 3. The summed E-state index contributed by atoms with van der Waals surface area (Å²) in [6.45, 7) is 3.93. The van der Waals surface area contributed by atoms with Crippen molar-refractivity contribution >= 4 is 40.4 Å². The normalized spacial score (nSPS) is 14.2. The van der Waals surface area contributed by atoms with Gasteiger partial charge in [-0.1, -0.05) is 32.0 Å². The van der Waals surface area contributed by atoms with Crippen LogP contribution in [0.4, 0.5) is 0 Å². The number of aromatic amines is 1. The molecule has 6 N–H and O–H groups in total. The van der Waals surface area contributed by atoms with E-state index in [9.17, 15) is 19.5 Å². The fraction of sp³-hybridized carbons (Fsp3) is 0.500. The number of aromatic nitrogens is 1. The number of aliphatic carboxylic acids is 1. The van der Waals surface area contributed by atoms with Crippen molar-refractivity contribution in [1.29, 1.82) is 0 Å². The van der Waals surface area contributed by atoms with E-state index in [0.717, 1.165) is 16.5 Å². The SMILES string of the molecule is CSCC[C@H](NC(=O)[C@H](Cc1c[nH]c2ccccc12)NC(=O)[C@@H](N)CC(C)C)C(=O)O. The Hall–Kier alpha value is -2.52. The molecule has 3 atom stereocenters. The molecule has 0 aliphatic rings. The maximum absolute atomic E-state index is 13.0. The quantitative estimate of drug-likeness (QED) is 0.336. The Bertz CT molecular complexity index is 899. The van der Waals surface area contributed by atoms with Gasteiger partial charge >= 0.3 is 5.97 Å². The number of H-pyrrole nitrogens is 1. The van der Waals surface area contributed by atoms with E-state index >= 15 is 0 Å². The first-order valence-corrected chi connectivity index (χ1v) is 11.7. The Kier molecular flexibility index (Phi) is 9.39. The summed E-state index contributed by atoms with van der Waals surface area (Å²) in [5, 5.41) is 15.7. The van der Waals surface area contributed by atoms with Gasteiger partial charge in [-0.05, 0) is 42.4 Å². The minimum Gasteiger partial charge on any atom is -0.480 e. The molecule has 0 spiro atoms. The maximum Gasteiger partial charge on any atom is 0.326 e. The molecule has 0 bridgehead atoms. The molecule has 0 unspecified atom stereocenters. The van der Waals surface area contributed by atoms with Crippen molar-refractivity contribution < 1.29 is 19.5 Å². The second-order valence-corrected chi connectivity index (χ2v) is 9.03. The first kappa shape index (κ1) is 24.7. The first-order chi connectivity index (χ1) is 14.7. The minimum atomic E-state index is -1.10. The van der Waals surface area contributed by atoms with Crippen molar-refractivity contribution in [2.45, 2.75) is 51.2 Å². The van der Waals surface area contributed by atoms with Crippen LogP contribution in [-0.2, 0) is 20.8 Å². The summed E-state index contributed by atoms with van der Waals surface area (Å²) in [4.78, 5) is 40.4. The van der Waals surface area contributed by atoms with Crippen LogP contribution in [0.2, 0.25) is 0 Å². The van der Waals surface area contributed by atoms with Crippen LogP contribution in [-0.4, -0.2) is 58.0 Å². The number of rotatable bonds is 12. The number of hydrogen-bond donors (Lipinski definition) is 5. The Labute approximate surface area is 186 Å². The average Bonchev–Trinajstić information content (AvgIpc) is 3.12. The zero-order valence-electron chi connectivity index (χ0n) is 18.2. The first-order valence-electron chi connectivity index (χ1n) is 10.4. The Morgan fingerprint density at radius 2 is 1.81 bits per heavy atom. The third-order valence-corrected chi connectivity index (χ3v) is 5.66. The fourth-order valence-electron chi connectivity index (χ4n) is 3.39. The standard InChI is InChI=1S/C22H32N4O4S/c1-13(2)10-16(23)20(27)26-19(21(28)25-18(22(29)30)8-9-31-3)11-14-12-24-17-7-5-4-6-15(14)17/h4-7,12-13,16,18-19,24H,8-11,23H2,1-3H3,(H,25,28)(H,26,27)(H,29,30)/t16-,18-,19-/m0/s1. The number of carboxylic acids is 1.